The molecule has 1 saturated carbocycles. The molecule has 1 aromatic carbocycles. The van der Waals surface area contributed by atoms with Crippen molar-refractivity contribution in [3.63, 3.8) is 0 Å². The van der Waals surface area contributed by atoms with Gasteiger partial charge in [0.1, 0.15) is 0 Å². The van der Waals surface area contributed by atoms with Crippen molar-refractivity contribution in [3.05, 3.63) is 29.3 Å². The van der Waals surface area contributed by atoms with Crippen molar-refractivity contribution in [2.24, 2.45) is 5.92 Å². The molecule has 0 aromatic heterocycles. The molecule has 2 unspecified atom stereocenters. The van der Waals surface area contributed by atoms with E-state index in [9.17, 15) is 13.7 Å². The fraction of sp³-hybridized carbons (Fsp3) is 0.588. The van der Waals surface area contributed by atoms with Crippen molar-refractivity contribution in [3.8, 4) is 6.07 Å². The van der Waals surface area contributed by atoms with E-state index in [0.717, 1.165) is 38.5 Å². The molecule has 3 nitrogen and oxygen atoms in total. The maximum absolute atomic E-state index is 13.0. The number of nitriles is 1. The Labute approximate surface area is 126 Å². The van der Waals surface area contributed by atoms with Crippen molar-refractivity contribution in [2.75, 3.05) is 0 Å². The summed E-state index contributed by atoms with van der Waals surface area (Å²) in [6.45, 7) is 0. The molecule has 112 valence electrons. The highest BCUT2D eigenvalue weighted by Gasteiger charge is 2.36. The molecule has 0 saturated heterocycles. The minimum absolute atomic E-state index is 0.356. The van der Waals surface area contributed by atoms with Crippen LogP contribution >= 0.6 is 0 Å². The quantitative estimate of drug-likeness (QED) is 0.787. The monoisotopic (exact) mass is 303 g/mol. The van der Waals surface area contributed by atoms with Crippen molar-refractivity contribution in [1.29, 1.82) is 5.26 Å². The van der Waals surface area contributed by atoms with E-state index in [-0.39, 0.29) is 5.92 Å². The molecule has 3 rings (SSSR count). The lowest BCUT2D eigenvalue weighted by Gasteiger charge is -2.20. The average Bonchev–Trinajstić information content (AvgIpc) is 2.81. The van der Waals surface area contributed by atoms with Gasteiger partial charge in [-0.3, -0.25) is 0 Å². The zero-order valence-electron chi connectivity index (χ0n) is 12.2. The zero-order valence-corrected chi connectivity index (χ0v) is 13.0. The Morgan fingerprint density at radius 3 is 2.57 bits per heavy atom. The van der Waals surface area contributed by atoms with Crippen LogP contribution in [0.2, 0.25) is 0 Å². The number of aryl methyl sites for hydroxylation is 2. The summed E-state index contributed by atoms with van der Waals surface area (Å²) in [5.74, 6) is -0.356. The normalized spacial score (nSPS) is 25.9. The average molecular weight is 303 g/mol. The van der Waals surface area contributed by atoms with E-state index in [4.69, 9.17) is 0 Å². The first-order chi connectivity index (χ1) is 10.1. The lowest BCUT2D eigenvalue weighted by molar-refractivity contribution is 0.523. The fourth-order valence-corrected chi connectivity index (χ4v) is 5.71. The second kappa shape index (κ2) is 5.81. The minimum atomic E-state index is -3.39. The number of hydrogen-bond acceptors (Lipinski definition) is 3. The Balaban J connectivity index is 1.97. The molecule has 0 N–H and O–H groups in total. The summed E-state index contributed by atoms with van der Waals surface area (Å²) >= 11 is 0. The van der Waals surface area contributed by atoms with Gasteiger partial charge in [-0.2, -0.15) is 5.26 Å². The highest BCUT2D eigenvalue weighted by atomic mass is 32.2. The summed E-state index contributed by atoms with van der Waals surface area (Å²) in [5, 5.41) is 8.81. The van der Waals surface area contributed by atoms with Crippen molar-refractivity contribution >= 4 is 9.84 Å². The molecular formula is C17H21NO2S. The van der Waals surface area contributed by atoms with Crippen LogP contribution in [0.15, 0.2) is 23.1 Å². The zero-order chi connectivity index (χ0) is 14.9. The highest BCUT2D eigenvalue weighted by Crippen LogP contribution is 2.33. The van der Waals surface area contributed by atoms with Gasteiger partial charge in [-0.1, -0.05) is 25.3 Å². The van der Waals surface area contributed by atoms with Gasteiger partial charge in [0.25, 0.3) is 0 Å². The van der Waals surface area contributed by atoms with Gasteiger partial charge in [0, 0.05) is 0 Å². The minimum Gasteiger partial charge on any atom is -0.223 e. The van der Waals surface area contributed by atoms with Gasteiger partial charge in [-0.05, 0) is 55.4 Å². The Morgan fingerprint density at radius 1 is 1.00 bits per heavy atom. The van der Waals surface area contributed by atoms with E-state index in [1.165, 1.54) is 11.1 Å². The van der Waals surface area contributed by atoms with Crippen molar-refractivity contribution < 1.29 is 8.42 Å². The van der Waals surface area contributed by atoms with Crippen LogP contribution in [0.25, 0.3) is 0 Å². The summed E-state index contributed by atoms with van der Waals surface area (Å²) in [6.07, 6.45) is 7.40. The number of rotatable bonds is 2. The lowest BCUT2D eigenvalue weighted by atomic mass is 10.0. The van der Waals surface area contributed by atoms with Crippen LogP contribution in [0.1, 0.15) is 49.7 Å². The molecule has 0 radical (unpaired) electrons. The molecule has 1 aromatic rings. The van der Waals surface area contributed by atoms with Gasteiger partial charge in [0.2, 0.25) is 0 Å². The van der Waals surface area contributed by atoms with E-state index in [1.807, 2.05) is 12.1 Å². The van der Waals surface area contributed by atoms with Gasteiger partial charge in [-0.15, -0.1) is 0 Å². The highest BCUT2D eigenvalue weighted by molar-refractivity contribution is 7.92. The first-order valence-electron chi connectivity index (χ1n) is 7.88. The standard InChI is InChI=1S/C17H21NO2S/c18-12-15-5-2-1-3-8-17(15)21(19,20)16-10-9-13-6-4-7-14(13)11-16/h9-11,15,17H,1-8H2. The second-order valence-corrected chi connectivity index (χ2v) is 8.41. The van der Waals surface area contributed by atoms with Crippen LogP contribution in [-0.4, -0.2) is 13.7 Å². The van der Waals surface area contributed by atoms with Crippen LogP contribution in [0.4, 0.5) is 0 Å². The van der Waals surface area contributed by atoms with E-state index in [1.54, 1.807) is 6.07 Å². The maximum Gasteiger partial charge on any atom is 0.182 e. The Hall–Kier alpha value is -1.34. The molecule has 1 fully saturated rings. The summed E-state index contributed by atoms with van der Waals surface area (Å²) in [7, 11) is -3.39. The van der Waals surface area contributed by atoms with Gasteiger partial charge >= 0.3 is 0 Å². The molecular weight excluding hydrogens is 282 g/mol. The molecule has 0 heterocycles. The molecule has 2 aliphatic rings. The van der Waals surface area contributed by atoms with E-state index in [0.29, 0.717) is 17.7 Å². The molecule has 4 heteroatoms. The first kappa shape index (κ1) is 14.6. The van der Waals surface area contributed by atoms with Crippen LogP contribution in [0.5, 0.6) is 0 Å². The lowest BCUT2D eigenvalue weighted by Crippen LogP contribution is -2.28. The summed E-state index contributed by atoms with van der Waals surface area (Å²) in [4.78, 5) is 0.426. The van der Waals surface area contributed by atoms with Crippen LogP contribution < -0.4 is 0 Å². The third-order valence-corrected chi connectivity index (χ3v) is 7.19. The second-order valence-electron chi connectivity index (χ2n) is 6.24. The maximum atomic E-state index is 13.0. The molecule has 0 spiro atoms. The summed E-state index contributed by atoms with van der Waals surface area (Å²) in [5.41, 5.74) is 2.46. The fourth-order valence-electron chi connectivity index (χ4n) is 3.69. The molecule has 2 atom stereocenters. The molecule has 2 aliphatic carbocycles. The molecule has 0 bridgehead atoms. The number of hydrogen-bond donors (Lipinski definition) is 0. The van der Waals surface area contributed by atoms with Crippen LogP contribution in [0, 0.1) is 17.2 Å². The first-order valence-corrected chi connectivity index (χ1v) is 9.43. The molecule has 0 aliphatic heterocycles. The Kier molecular flexibility index (Phi) is 4.03. The summed E-state index contributed by atoms with van der Waals surface area (Å²) < 4.78 is 25.9. The van der Waals surface area contributed by atoms with E-state index in [2.05, 4.69) is 6.07 Å². The van der Waals surface area contributed by atoms with Crippen LogP contribution in [0.3, 0.4) is 0 Å². The number of nitrogens with zero attached hydrogens (tertiary/aromatic N) is 1. The third kappa shape index (κ3) is 2.72. The van der Waals surface area contributed by atoms with E-state index >= 15 is 0 Å². The third-order valence-electron chi connectivity index (χ3n) is 4.92. The molecule has 21 heavy (non-hydrogen) atoms. The number of fused-ring (bicyclic) bond motifs is 1. The van der Waals surface area contributed by atoms with Crippen LogP contribution in [-0.2, 0) is 22.7 Å². The predicted molar refractivity (Wildman–Crippen MR) is 81.6 cm³/mol. The van der Waals surface area contributed by atoms with Crippen molar-refractivity contribution in [2.45, 2.75) is 61.5 Å². The smallest absolute Gasteiger partial charge is 0.182 e. The SMILES string of the molecule is N#CC1CCCCCC1S(=O)(=O)c1ccc2c(c1)CCC2. The molecule has 0 amide bonds. The van der Waals surface area contributed by atoms with Gasteiger partial charge in [0.05, 0.1) is 22.1 Å². The predicted octanol–water partition coefficient (Wildman–Crippen LogP) is 3.42. The van der Waals surface area contributed by atoms with Gasteiger partial charge in [-0.25, -0.2) is 8.42 Å². The summed E-state index contributed by atoms with van der Waals surface area (Å²) in [6, 6.07) is 7.82. The van der Waals surface area contributed by atoms with Gasteiger partial charge in [0.15, 0.2) is 9.84 Å². The number of sulfone groups is 1. The van der Waals surface area contributed by atoms with E-state index < -0.39 is 15.1 Å². The Morgan fingerprint density at radius 2 is 1.76 bits per heavy atom. The topological polar surface area (TPSA) is 57.9 Å². The van der Waals surface area contributed by atoms with Crippen molar-refractivity contribution in [1.82, 2.24) is 0 Å². The Bertz CT molecular complexity index is 673. The van der Waals surface area contributed by atoms with Gasteiger partial charge < -0.3 is 0 Å². The largest absolute Gasteiger partial charge is 0.223 e. The number of benzene rings is 1.